The van der Waals surface area contributed by atoms with E-state index in [9.17, 15) is 5.11 Å². The van der Waals surface area contributed by atoms with Crippen LogP contribution in [0.15, 0.2) is 47.6 Å². The number of aromatic hydroxyl groups is 1. The summed E-state index contributed by atoms with van der Waals surface area (Å²) in [5.74, 6) is 0.279. The Morgan fingerprint density at radius 2 is 1.73 bits per heavy atom. The molecular formula is C22H31N3O. The predicted molar refractivity (Wildman–Crippen MR) is 110 cm³/mol. The van der Waals surface area contributed by atoms with Crippen LogP contribution in [0.5, 0.6) is 5.75 Å². The summed E-state index contributed by atoms with van der Waals surface area (Å²) in [5.41, 5.74) is 3.32. The fourth-order valence-electron chi connectivity index (χ4n) is 3.59. The molecular weight excluding hydrogens is 322 g/mol. The van der Waals surface area contributed by atoms with E-state index < -0.39 is 0 Å². The lowest BCUT2D eigenvalue weighted by Gasteiger charge is -2.33. The van der Waals surface area contributed by atoms with Gasteiger partial charge in [-0.3, -0.25) is 10.4 Å². The highest BCUT2D eigenvalue weighted by Crippen LogP contribution is 2.37. The van der Waals surface area contributed by atoms with Gasteiger partial charge in [0.1, 0.15) is 11.5 Å². The Balaban J connectivity index is 2.22. The fourth-order valence-corrected chi connectivity index (χ4v) is 3.59. The summed E-state index contributed by atoms with van der Waals surface area (Å²) >= 11 is 0. The molecule has 26 heavy (non-hydrogen) atoms. The van der Waals surface area contributed by atoms with Crippen molar-refractivity contribution in [3.8, 4) is 5.75 Å². The highest BCUT2D eigenvalue weighted by Gasteiger charge is 2.27. The van der Waals surface area contributed by atoms with Gasteiger partial charge in [-0.2, -0.15) is 5.10 Å². The number of phenolic OH excluding ortho intramolecular Hbond substituents is 1. The molecule has 2 rings (SSSR count). The van der Waals surface area contributed by atoms with Crippen LogP contribution in [-0.2, 0) is 12.0 Å². The number of phenols is 1. The van der Waals surface area contributed by atoms with Crippen LogP contribution in [0.1, 0.15) is 52.2 Å². The van der Waals surface area contributed by atoms with Crippen molar-refractivity contribution in [2.75, 3.05) is 7.05 Å². The Kier molecular flexibility index (Phi) is 5.74. The Morgan fingerprint density at radius 3 is 2.35 bits per heavy atom. The first-order chi connectivity index (χ1) is 12.0. The first kappa shape index (κ1) is 20.0. The largest absolute Gasteiger partial charge is 0.508 e. The lowest BCUT2D eigenvalue weighted by Crippen LogP contribution is -2.25. The molecule has 0 amide bonds. The van der Waals surface area contributed by atoms with Crippen molar-refractivity contribution in [1.82, 2.24) is 5.01 Å². The van der Waals surface area contributed by atoms with Gasteiger partial charge in [0.25, 0.3) is 0 Å². The minimum atomic E-state index is 0.0180. The molecule has 0 heterocycles. The van der Waals surface area contributed by atoms with E-state index in [0.717, 1.165) is 12.0 Å². The van der Waals surface area contributed by atoms with Gasteiger partial charge in [0.05, 0.1) is 12.3 Å². The van der Waals surface area contributed by atoms with Gasteiger partial charge in [-0.1, -0.05) is 52.8 Å². The standard InChI is InChI=1S/C22H31N3O/c1-21(2,3)15-22(4,5)17-11-12-20(26)16(13-17)14-25(6)24-19-10-8-7-9-18(19)23/h7-13,23,26H,14-15H2,1-6H3/b23-18?,24-19-. The molecule has 1 aliphatic carbocycles. The van der Waals surface area contributed by atoms with E-state index >= 15 is 0 Å². The average Bonchev–Trinajstić information content (AvgIpc) is 2.49. The van der Waals surface area contributed by atoms with Gasteiger partial charge in [-0.15, -0.1) is 0 Å². The normalized spacial score (nSPS) is 16.4. The van der Waals surface area contributed by atoms with Crippen molar-refractivity contribution in [3.05, 3.63) is 53.6 Å². The molecule has 0 aromatic heterocycles. The zero-order valence-electron chi connectivity index (χ0n) is 16.8. The molecule has 4 heteroatoms. The molecule has 140 valence electrons. The second kappa shape index (κ2) is 7.48. The third kappa shape index (κ3) is 5.32. The molecule has 0 aliphatic heterocycles. The van der Waals surface area contributed by atoms with Crippen LogP contribution < -0.4 is 0 Å². The van der Waals surface area contributed by atoms with Crippen molar-refractivity contribution in [2.45, 2.75) is 53.0 Å². The minimum Gasteiger partial charge on any atom is -0.508 e. The lowest BCUT2D eigenvalue weighted by molar-refractivity contribution is 0.283. The van der Waals surface area contributed by atoms with E-state index in [4.69, 9.17) is 5.41 Å². The smallest absolute Gasteiger partial charge is 0.120 e. The van der Waals surface area contributed by atoms with Crippen LogP contribution in [-0.4, -0.2) is 28.6 Å². The number of benzene rings is 1. The summed E-state index contributed by atoms with van der Waals surface area (Å²) in [6, 6.07) is 5.88. The number of allylic oxidation sites excluding steroid dienone is 4. The Bertz CT molecular complexity index is 764. The number of rotatable bonds is 5. The molecule has 0 saturated heterocycles. The number of hydrogen-bond acceptors (Lipinski definition) is 4. The van der Waals surface area contributed by atoms with Crippen molar-refractivity contribution in [1.29, 1.82) is 5.41 Å². The van der Waals surface area contributed by atoms with E-state index in [1.54, 1.807) is 17.2 Å². The maximum atomic E-state index is 10.3. The van der Waals surface area contributed by atoms with Crippen LogP contribution in [0, 0.1) is 10.8 Å². The molecule has 0 radical (unpaired) electrons. The maximum absolute atomic E-state index is 10.3. The van der Waals surface area contributed by atoms with E-state index in [1.165, 1.54) is 5.56 Å². The summed E-state index contributed by atoms with van der Waals surface area (Å²) in [6.45, 7) is 11.7. The summed E-state index contributed by atoms with van der Waals surface area (Å²) in [4.78, 5) is 0. The van der Waals surface area contributed by atoms with Crippen LogP contribution in [0.2, 0.25) is 0 Å². The molecule has 4 nitrogen and oxygen atoms in total. The quantitative estimate of drug-likeness (QED) is 0.575. The highest BCUT2D eigenvalue weighted by atomic mass is 16.3. The first-order valence-corrected chi connectivity index (χ1v) is 9.04. The molecule has 2 N–H and O–H groups in total. The Hall–Kier alpha value is -2.36. The van der Waals surface area contributed by atoms with Crippen LogP contribution >= 0.6 is 0 Å². The van der Waals surface area contributed by atoms with E-state index in [2.05, 4.69) is 45.8 Å². The van der Waals surface area contributed by atoms with Crippen molar-refractivity contribution in [3.63, 3.8) is 0 Å². The number of nitrogens with zero attached hydrogens (tertiary/aromatic N) is 2. The van der Waals surface area contributed by atoms with Crippen molar-refractivity contribution >= 4 is 11.4 Å². The summed E-state index contributed by atoms with van der Waals surface area (Å²) in [5, 5.41) is 24.5. The molecule has 1 aromatic rings. The zero-order chi connectivity index (χ0) is 19.5. The average molecular weight is 354 g/mol. The van der Waals surface area contributed by atoms with Crippen LogP contribution in [0.3, 0.4) is 0 Å². The van der Waals surface area contributed by atoms with Gasteiger partial charge in [-0.25, -0.2) is 0 Å². The minimum absolute atomic E-state index is 0.0180. The van der Waals surface area contributed by atoms with Gasteiger partial charge in [0.2, 0.25) is 0 Å². The molecule has 0 saturated carbocycles. The number of nitrogens with one attached hydrogen (secondary N) is 1. The molecule has 0 unspecified atom stereocenters. The number of hydrazone groups is 1. The van der Waals surface area contributed by atoms with Gasteiger partial charge in [0, 0.05) is 12.6 Å². The second-order valence-corrected chi connectivity index (χ2v) is 8.90. The second-order valence-electron chi connectivity index (χ2n) is 8.90. The highest BCUT2D eigenvalue weighted by molar-refractivity contribution is 6.49. The summed E-state index contributed by atoms with van der Waals surface area (Å²) < 4.78 is 0. The van der Waals surface area contributed by atoms with Crippen molar-refractivity contribution < 1.29 is 5.11 Å². The van der Waals surface area contributed by atoms with Crippen molar-refractivity contribution in [2.24, 2.45) is 10.5 Å². The molecule has 0 fully saturated rings. The SMILES string of the molecule is CN(Cc1cc(C(C)(C)CC(C)(C)C)ccc1O)/N=C1/C=CC=CC1=N. The van der Waals surface area contributed by atoms with Gasteiger partial charge < -0.3 is 5.11 Å². The van der Waals surface area contributed by atoms with Gasteiger partial charge >= 0.3 is 0 Å². The Morgan fingerprint density at radius 1 is 1.08 bits per heavy atom. The molecule has 1 aliphatic rings. The fraction of sp³-hybridized carbons (Fsp3) is 0.455. The monoisotopic (exact) mass is 353 g/mol. The maximum Gasteiger partial charge on any atom is 0.120 e. The van der Waals surface area contributed by atoms with Crippen LogP contribution in [0.4, 0.5) is 0 Å². The topological polar surface area (TPSA) is 59.7 Å². The van der Waals surface area contributed by atoms with E-state index in [1.807, 2.05) is 31.3 Å². The molecule has 1 aromatic carbocycles. The Labute approximate surface area is 157 Å². The summed E-state index contributed by atoms with van der Waals surface area (Å²) in [6.07, 6.45) is 8.30. The van der Waals surface area contributed by atoms with E-state index in [0.29, 0.717) is 18.0 Å². The van der Waals surface area contributed by atoms with E-state index in [-0.39, 0.29) is 16.6 Å². The van der Waals surface area contributed by atoms with Crippen LogP contribution in [0.25, 0.3) is 0 Å². The van der Waals surface area contributed by atoms with Gasteiger partial charge in [0.15, 0.2) is 0 Å². The first-order valence-electron chi connectivity index (χ1n) is 9.04. The third-order valence-electron chi connectivity index (χ3n) is 4.41. The number of hydrogen-bond donors (Lipinski definition) is 2. The molecule has 0 bridgehead atoms. The third-order valence-corrected chi connectivity index (χ3v) is 4.41. The summed E-state index contributed by atoms with van der Waals surface area (Å²) in [7, 11) is 1.86. The lowest BCUT2D eigenvalue weighted by atomic mass is 9.72. The zero-order valence-corrected chi connectivity index (χ0v) is 16.8. The molecule has 0 spiro atoms. The molecule has 0 atom stereocenters. The van der Waals surface area contributed by atoms with Gasteiger partial charge in [-0.05, 0) is 47.1 Å². The predicted octanol–water partition coefficient (Wildman–Crippen LogP) is 5.04.